The second-order valence-corrected chi connectivity index (χ2v) is 8.12. The highest BCUT2D eigenvalue weighted by Gasteiger charge is 2.32. The van der Waals surface area contributed by atoms with E-state index in [0.717, 1.165) is 0 Å². The van der Waals surface area contributed by atoms with Gasteiger partial charge in [-0.15, -0.1) is 0 Å². The highest BCUT2D eigenvalue weighted by molar-refractivity contribution is 6.31. The van der Waals surface area contributed by atoms with Gasteiger partial charge in [0.25, 0.3) is 0 Å². The molecule has 0 radical (unpaired) electrons. The molecule has 3 N–H and O–H groups in total. The summed E-state index contributed by atoms with van der Waals surface area (Å²) >= 11 is 6.16. The Hall–Kier alpha value is -3.62. The molecule has 1 aliphatic rings. The molecular weight excluding hydrogens is 460 g/mol. The van der Waals surface area contributed by atoms with Gasteiger partial charge in [-0.2, -0.15) is 0 Å². The molecular formula is C25H25ClN2O6. The van der Waals surface area contributed by atoms with E-state index in [0.29, 0.717) is 39.6 Å². The fourth-order valence-corrected chi connectivity index (χ4v) is 3.93. The van der Waals surface area contributed by atoms with Gasteiger partial charge in [-0.3, -0.25) is 9.59 Å². The number of amides is 1. The zero-order valence-electron chi connectivity index (χ0n) is 18.9. The smallest absolute Gasteiger partial charge is 0.335 e. The number of carboxylic acids is 1. The van der Waals surface area contributed by atoms with E-state index in [-0.39, 0.29) is 17.3 Å². The molecule has 0 saturated carbocycles. The number of benzene rings is 2. The van der Waals surface area contributed by atoms with Crippen molar-refractivity contribution in [3.8, 4) is 0 Å². The van der Waals surface area contributed by atoms with Crippen molar-refractivity contribution in [2.75, 3.05) is 12.4 Å². The molecule has 178 valence electrons. The normalized spacial score (nSPS) is 16.3. The predicted molar refractivity (Wildman–Crippen MR) is 128 cm³/mol. The van der Waals surface area contributed by atoms with Crippen molar-refractivity contribution in [2.45, 2.75) is 32.5 Å². The molecule has 34 heavy (non-hydrogen) atoms. The largest absolute Gasteiger partial charge is 0.495 e. The number of anilines is 1. The molecule has 2 unspecified atom stereocenters. The summed E-state index contributed by atoms with van der Waals surface area (Å²) in [4.78, 5) is 37.6. The van der Waals surface area contributed by atoms with Crippen molar-refractivity contribution in [3.63, 3.8) is 0 Å². The molecule has 0 bridgehead atoms. The number of allylic oxidation sites excluding steroid dienone is 1. The number of Topliss-reactive ketones (excluding diaryl/α,β-unsaturated/α-hetero) is 1. The van der Waals surface area contributed by atoms with Gasteiger partial charge in [-0.05, 0) is 67.4 Å². The summed E-state index contributed by atoms with van der Waals surface area (Å²) in [6, 6.07) is 9.88. The number of halogens is 1. The number of carbonyl (C=O) groups is 3. The highest BCUT2D eigenvalue weighted by atomic mass is 35.5. The van der Waals surface area contributed by atoms with Crippen LogP contribution in [0.3, 0.4) is 0 Å². The minimum absolute atomic E-state index is 0.104. The molecule has 1 heterocycles. The van der Waals surface area contributed by atoms with Gasteiger partial charge in [0.05, 0.1) is 12.7 Å². The number of rotatable bonds is 8. The molecule has 8 nitrogen and oxygen atoms in total. The third-order valence-corrected chi connectivity index (χ3v) is 5.71. The van der Waals surface area contributed by atoms with Gasteiger partial charge in [0.15, 0.2) is 5.78 Å². The lowest BCUT2D eigenvalue weighted by molar-refractivity contribution is -0.123. The molecule has 2 atom stereocenters. The number of carbonyl (C=O) groups excluding carboxylic acids is 2. The lowest BCUT2D eigenvalue weighted by atomic mass is 9.94. The third kappa shape index (κ3) is 5.30. The van der Waals surface area contributed by atoms with Gasteiger partial charge in [0.2, 0.25) is 5.91 Å². The van der Waals surface area contributed by atoms with Crippen LogP contribution >= 0.6 is 11.6 Å². The fourth-order valence-electron chi connectivity index (χ4n) is 3.76. The van der Waals surface area contributed by atoms with Crippen molar-refractivity contribution in [1.82, 2.24) is 4.90 Å². The van der Waals surface area contributed by atoms with Crippen LogP contribution in [0.1, 0.15) is 46.5 Å². The monoisotopic (exact) mass is 484 g/mol. The topological polar surface area (TPSA) is 116 Å². The van der Waals surface area contributed by atoms with E-state index in [1.165, 1.54) is 55.5 Å². The number of carboxylic acid groups (broad SMARTS) is 1. The maximum absolute atomic E-state index is 13.0. The van der Waals surface area contributed by atoms with Gasteiger partial charge >= 0.3 is 5.97 Å². The summed E-state index contributed by atoms with van der Waals surface area (Å²) in [5.74, 6) is -1.26. The average Bonchev–Trinajstić information content (AvgIpc) is 2.80. The Bertz CT molecular complexity index is 1170. The zero-order chi connectivity index (χ0) is 25.0. The lowest BCUT2D eigenvalue weighted by Crippen LogP contribution is -2.47. The lowest BCUT2D eigenvalue weighted by Gasteiger charge is -2.36. The van der Waals surface area contributed by atoms with Gasteiger partial charge in [0.1, 0.15) is 18.0 Å². The van der Waals surface area contributed by atoms with Crippen molar-refractivity contribution in [2.24, 2.45) is 0 Å². The molecule has 0 fully saturated rings. The molecule has 0 spiro atoms. The summed E-state index contributed by atoms with van der Waals surface area (Å²) < 4.78 is 5.54. The molecule has 1 amide bonds. The molecule has 2 aromatic rings. The maximum Gasteiger partial charge on any atom is 0.335 e. The Balaban J connectivity index is 1.89. The van der Waals surface area contributed by atoms with Crippen LogP contribution in [0.4, 0.5) is 5.69 Å². The molecule has 0 saturated heterocycles. The number of methoxy groups -OCH3 is 1. The van der Waals surface area contributed by atoms with E-state index in [4.69, 9.17) is 21.4 Å². The number of hydrogen-bond donors (Lipinski definition) is 3. The Morgan fingerprint density at radius 2 is 1.85 bits per heavy atom. The molecule has 9 heteroatoms. The second kappa shape index (κ2) is 10.5. The first-order chi connectivity index (χ1) is 16.2. The first kappa shape index (κ1) is 25.0. The number of aliphatic hydroxyl groups is 1. The van der Waals surface area contributed by atoms with Crippen LogP contribution < -0.4 is 5.32 Å². The zero-order valence-corrected chi connectivity index (χ0v) is 19.7. The van der Waals surface area contributed by atoms with E-state index in [2.05, 4.69) is 5.32 Å². The van der Waals surface area contributed by atoms with Crippen LogP contribution in [0.5, 0.6) is 0 Å². The minimum Gasteiger partial charge on any atom is -0.495 e. The standard InChI is InChI=1S/C25H25ClN2O6/c1-4-21(24(31)27-17-8-5-15(6-9-17)25(32)33)28-13-22(34-3)20(12-23(28)30)19-11-16(26)7-10-18(19)14(2)29/h5-13,21,23,30H,4H2,1-3H3,(H,27,31)(H,32,33). The molecule has 3 rings (SSSR count). The molecule has 1 aliphatic heterocycles. The summed E-state index contributed by atoms with van der Waals surface area (Å²) in [6.07, 6.45) is 2.22. The van der Waals surface area contributed by atoms with Crippen LogP contribution in [0.25, 0.3) is 5.57 Å². The van der Waals surface area contributed by atoms with E-state index in [1.54, 1.807) is 25.1 Å². The fraction of sp³-hybridized carbons (Fsp3) is 0.240. The quantitative estimate of drug-likeness (QED) is 0.481. The van der Waals surface area contributed by atoms with Gasteiger partial charge in [-0.25, -0.2) is 4.79 Å². The van der Waals surface area contributed by atoms with E-state index >= 15 is 0 Å². The number of ether oxygens (including phenoxy) is 1. The Morgan fingerprint density at radius 1 is 1.18 bits per heavy atom. The Morgan fingerprint density at radius 3 is 2.41 bits per heavy atom. The summed E-state index contributed by atoms with van der Waals surface area (Å²) in [7, 11) is 1.46. The van der Waals surface area contributed by atoms with Crippen LogP contribution in [-0.2, 0) is 9.53 Å². The number of ketones is 1. The van der Waals surface area contributed by atoms with Crippen molar-refractivity contribution >= 4 is 40.5 Å². The van der Waals surface area contributed by atoms with E-state index < -0.39 is 18.2 Å². The summed E-state index contributed by atoms with van der Waals surface area (Å²) in [5.41, 5.74) is 1.96. The van der Waals surface area contributed by atoms with Gasteiger partial charge < -0.3 is 25.2 Å². The van der Waals surface area contributed by atoms with E-state index in [1.807, 2.05) is 0 Å². The number of aromatic carboxylic acids is 1. The van der Waals surface area contributed by atoms with E-state index in [9.17, 15) is 19.5 Å². The van der Waals surface area contributed by atoms with Crippen LogP contribution in [0, 0.1) is 0 Å². The van der Waals surface area contributed by atoms with Crippen molar-refractivity contribution < 1.29 is 29.3 Å². The van der Waals surface area contributed by atoms with Crippen LogP contribution in [0.2, 0.25) is 5.02 Å². The summed E-state index contributed by atoms with van der Waals surface area (Å²) in [6.45, 7) is 3.24. The van der Waals surface area contributed by atoms with Gasteiger partial charge in [-0.1, -0.05) is 18.5 Å². The second-order valence-electron chi connectivity index (χ2n) is 7.68. The SMILES string of the molecule is CCC(C(=O)Nc1ccc(C(=O)O)cc1)N1C=C(OC)C(c2cc(Cl)ccc2C(C)=O)=CC1O. The Labute approximate surface area is 202 Å². The predicted octanol–water partition coefficient (Wildman–Crippen LogP) is 4.16. The molecule has 0 aliphatic carbocycles. The van der Waals surface area contributed by atoms with Crippen molar-refractivity contribution in [3.05, 3.63) is 82.2 Å². The summed E-state index contributed by atoms with van der Waals surface area (Å²) in [5, 5.41) is 23.1. The number of hydrogen-bond acceptors (Lipinski definition) is 6. The number of nitrogens with one attached hydrogen (secondary N) is 1. The first-order valence-corrected chi connectivity index (χ1v) is 10.9. The average molecular weight is 485 g/mol. The Kier molecular flexibility index (Phi) is 7.75. The van der Waals surface area contributed by atoms with Crippen molar-refractivity contribution in [1.29, 1.82) is 0 Å². The van der Waals surface area contributed by atoms with Gasteiger partial charge in [0, 0.05) is 28.0 Å². The highest BCUT2D eigenvalue weighted by Crippen LogP contribution is 2.34. The first-order valence-electron chi connectivity index (χ1n) is 10.5. The van der Waals surface area contributed by atoms with Crippen LogP contribution in [0.15, 0.2) is 60.5 Å². The minimum atomic E-state index is -1.18. The number of nitrogens with zero attached hydrogens (tertiary/aromatic N) is 1. The maximum atomic E-state index is 13.0. The molecule has 0 aromatic heterocycles. The third-order valence-electron chi connectivity index (χ3n) is 5.47. The molecule has 2 aromatic carbocycles. The number of aliphatic hydroxyl groups excluding tert-OH is 1. The van der Waals surface area contributed by atoms with Crippen LogP contribution in [-0.4, -0.2) is 52.2 Å².